The van der Waals surface area contributed by atoms with Gasteiger partial charge in [0.25, 0.3) is 0 Å². The highest BCUT2D eigenvalue weighted by Gasteiger charge is 2.70. The largest absolute Gasteiger partial charge is 0.393 e. The van der Waals surface area contributed by atoms with E-state index >= 15 is 0 Å². The summed E-state index contributed by atoms with van der Waals surface area (Å²) in [5, 5.41) is 14.2. The van der Waals surface area contributed by atoms with Crippen LogP contribution in [-0.4, -0.2) is 40.6 Å². The van der Waals surface area contributed by atoms with Crippen molar-refractivity contribution >= 4 is 11.7 Å². The average molecular weight is 404 g/mol. The zero-order valence-electron chi connectivity index (χ0n) is 18.5. The van der Waals surface area contributed by atoms with Gasteiger partial charge in [-0.2, -0.15) is 0 Å². The van der Waals surface area contributed by atoms with Crippen molar-refractivity contribution < 1.29 is 19.4 Å². The van der Waals surface area contributed by atoms with E-state index in [-0.39, 0.29) is 58.2 Å². The van der Waals surface area contributed by atoms with Crippen LogP contribution >= 0.6 is 0 Å². The van der Waals surface area contributed by atoms with Gasteiger partial charge in [-0.1, -0.05) is 27.7 Å². The number of fused-ring (bicyclic) bond motifs is 3. The Balaban J connectivity index is 1.61. The molecule has 5 aliphatic rings. The molecule has 1 spiro atoms. The van der Waals surface area contributed by atoms with Crippen LogP contribution in [0, 0.1) is 40.4 Å². The molecule has 2 N–H and O–H groups in total. The minimum absolute atomic E-state index is 0.0534. The highest BCUT2D eigenvalue weighted by Crippen LogP contribution is 2.68. The number of hydrogen-bond donors (Lipinski definition) is 2. The second kappa shape index (κ2) is 6.06. The minimum atomic E-state index is -0.489. The van der Waals surface area contributed by atoms with E-state index in [0.29, 0.717) is 24.5 Å². The molecule has 0 aromatic rings. The van der Waals surface area contributed by atoms with Crippen LogP contribution in [-0.2, 0) is 14.3 Å². The molecule has 5 nitrogen and oxygen atoms in total. The van der Waals surface area contributed by atoms with Gasteiger partial charge in [0.1, 0.15) is 5.78 Å². The quantitative estimate of drug-likeness (QED) is 0.652. The fraction of sp³-hybridized carbons (Fsp3) is 0.917. The van der Waals surface area contributed by atoms with Gasteiger partial charge < -0.3 is 15.2 Å². The summed E-state index contributed by atoms with van der Waals surface area (Å²) in [6.45, 7) is 11.0. The third-order valence-corrected chi connectivity index (χ3v) is 10.4. The van der Waals surface area contributed by atoms with Crippen molar-refractivity contribution in [2.75, 3.05) is 0 Å². The molecule has 5 fully saturated rings. The summed E-state index contributed by atoms with van der Waals surface area (Å²) in [6.07, 6.45) is 4.38. The van der Waals surface area contributed by atoms with E-state index in [9.17, 15) is 14.7 Å². The maximum absolute atomic E-state index is 12.9. The Bertz CT molecular complexity index is 749. The van der Waals surface area contributed by atoms with Gasteiger partial charge in [0.15, 0.2) is 0 Å². The van der Waals surface area contributed by atoms with Crippen molar-refractivity contribution in [3.8, 4) is 0 Å². The highest BCUT2D eigenvalue weighted by atomic mass is 16.5. The van der Waals surface area contributed by atoms with Gasteiger partial charge in [0.05, 0.1) is 17.8 Å². The number of hydrogen-bond acceptors (Lipinski definition) is 4. The van der Waals surface area contributed by atoms with E-state index in [1.54, 1.807) is 0 Å². The summed E-state index contributed by atoms with van der Waals surface area (Å²) in [4.78, 5) is 25.4. The molecule has 162 valence electrons. The summed E-state index contributed by atoms with van der Waals surface area (Å²) in [6, 6.07) is 0.0750. The van der Waals surface area contributed by atoms with Gasteiger partial charge >= 0.3 is 0 Å². The van der Waals surface area contributed by atoms with Crippen LogP contribution in [0.1, 0.15) is 73.1 Å². The van der Waals surface area contributed by atoms with Crippen LogP contribution in [0.3, 0.4) is 0 Å². The number of amides is 1. The minimum Gasteiger partial charge on any atom is -0.393 e. The molecule has 3 saturated carbocycles. The van der Waals surface area contributed by atoms with E-state index in [4.69, 9.17) is 4.74 Å². The van der Waals surface area contributed by atoms with Gasteiger partial charge in [0, 0.05) is 41.5 Å². The third kappa shape index (κ3) is 2.35. The standard InChI is InChI=1S/C24H37NO4/c1-12-6-7-17-22(3,4)18(27)8-9-24(17)23(12,5)11-15-16(26)10-14-19(20(15)29-24)13(2)25-21(14)28/h12-17,19-20,26H,6-11H2,1-5H3,(H,25,28). The number of ether oxygens (including phenoxy) is 1. The lowest BCUT2D eigenvalue weighted by atomic mass is 9.42. The van der Waals surface area contributed by atoms with Crippen molar-refractivity contribution in [1.82, 2.24) is 5.32 Å². The number of carbonyl (C=O) groups is 2. The molecule has 2 heterocycles. The van der Waals surface area contributed by atoms with Crippen molar-refractivity contribution in [3.05, 3.63) is 0 Å². The summed E-state index contributed by atoms with van der Waals surface area (Å²) in [5.74, 6) is 1.17. The molecule has 1 amide bonds. The Hall–Kier alpha value is -0.940. The van der Waals surface area contributed by atoms with E-state index in [2.05, 4.69) is 39.9 Å². The van der Waals surface area contributed by atoms with Crippen LogP contribution in [0.15, 0.2) is 0 Å². The topological polar surface area (TPSA) is 75.6 Å². The first-order chi connectivity index (χ1) is 13.5. The average Bonchev–Trinajstić information content (AvgIpc) is 2.92. The monoisotopic (exact) mass is 403 g/mol. The van der Waals surface area contributed by atoms with Crippen LogP contribution < -0.4 is 5.32 Å². The van der Waals surface area contributed by atoms with Crippen molar-refractivity contribution in [2.24, 2.45) is 40.4 Å². The number of aliphatic hydroxyl groups is 1. The SMILES string of the molecule is CC1NC(=O)C2CC(O)C3CC4(C)C(C)CCC5C(C)(C)C(=O)CCC54OC3C12. The van der Waals surface area contributed by atoms with Crippen molar-refractivity contribution in [1.29, 1.82) is 0 Å². The Morgan fingerprint density at radius 1 is 1.14 bits per heavy atom. The molecular weight excluding hydrogens is 366 g/mol. The molecule has 2 saturated heterocycles. The predicted molar refractivity (Wildman–Crippen MR) is 109 cm³/mol. The number of nitrogens with one attached hydrogen (secondary N) is 1. The summed E-state index contributed by atoms with van der Waals surface area (Å²) < 4.78 is 7.24. The molecule has 2 aliphatic heterocycles. The first-order valence-electron chi connectivity index (χ1n) is 11.7. The van der Waals surface area contributed by atoms with Gasteiger partial charge in [-0.15, -0.1) is 0 Å². The van der Waals surface area contributed by atoms with Crippen LogP contribution in [0.5, 0.6) is 0 Å². The van der Waals surface area contributed by atoms with Gasteiger partial charge in [-0.3, -0.25) is 9.59 Å². The Labute approximate surface area is 174 Å². The van der Waals surface area contributed by atoms with Crippen molar-refractivity contribution in [3.63, 3.8) is 0 Å². The van der Waals surface area contributed by atoms with Crippen LogP contribution in [0.4, 0.5) is 0 Å². The smallest absolute Gasteiger partial charge is 0.223 e. The molecule has 0 radical (unpaired) electrons. The highest BCUT2D eigenvalue weighted by molar-refractivity contribution is 5.86. The molecule has 0 aromatic heterocycles. The Morgan fingerprint density at radius 3 is 2.59 bits per heavy atom. The molecule has 5 rings (SSSR count). The molecule has 5 heteroatoms. The number of Topliss-reactive ketones (excluding diaryl/α,β-unsaturated/α-hetero) is 1. The lowest BCUT2D eigenvalue weighted by Gasteiger charge is -2.69. The molecule has 0 bridgehead atoms. The van der Waals surface area contributed by atoms with E-state index < -0.39 is 6.10 Å². The molecule has 3 aliphatic carbocycles. The summed E-state index contributed by atoms with van der Waals surface area (Å²) in [7, 11) is 0. The van der Waals surface area contributed by atoms with E-state index in [1.165, 1.54) is 0 Å². The number of aliphatic hydroxyl groups excluding tert-OH is 1. The second-order valence-electron chi connectivity index (χ2n) is 11.7. The Kier molecular flexibility index (Phi) is 4.18. The first-order valence-corrected chi connectivity index (χ1v) is 11.7. The number of rotatable bonds is 0. The van der Waals surface area contributed by atoms with Crippen molar-refractivity contribution in [2.45, 2.75) is 97.0 Å². The maximum Gasteiger partial charge on any atom is 0.223 e. The third-order valence-electron chi connectivity index (χ3n) is 10.4. The maximum atomic E-state index is 12.9. The molecule has 0 aromatic carbocycles. The number of carbonyl (C=O) groups excluding carboxylic acids is 2. The normalized spacial score (nSPS) is 55.9. The van der Waals surface area contributed by atoms with E-state index in [0.717, 1.165) is 25.7 Å². The summed E-state index contributed by atoms with van der Waals surface area (Å²) >= 11 is 0. The van der Waals surface area contributed by atoms with Crippen LogP contribution in [0.2, 0.25) is 0 Å². The first kappa shape index (κ1) is 20.0. The van der Waals surface area contributed by atoms with E-state index in [1.807, 2.05) is 0 Å². The summed E-state index contributed by atoms with van der Waals surface area (Å²) in [5.41, 5.74) is -0.771. The second-order valence-corrected chi connectivity index (χ2v) is 11.7. The zero-order valence-corrected chi connectivity index (χ0v) is 18.5. The van der Waals surface area contributed by atoms with Gasteiger partial charge in [-0.25, -0.2) is 0 Å². The fourth-order valence-electron chi connectivity index (χ4n) is 8.47. The molecule has 29 heavy (non-hydrogen) atoms. The molecule has 10 atom stereocenters. The molecule has 10 unspecified atom stereocenters. The zero-order chi connectivity index (χ0) is 20.9. The predicted octanol–water partition coefficient (Wildman–Crippen LogP) is 3.09. The Morgan fingerprint density at radius 2 is 1.86 bits per heavy atom. The molecular formula is C24H37NO4. The van der Waals surface area contributed by atoms with Gasteiger partial charge in [0.2, 0.25) is 5.91 Å². The lowest BCUT2D eigenvalue weighted by molar-refractivity contribution is -0.323. The number of ketones is 1. The fourth-order valence-corrected chi connectivity index (χ4v) is 8.47. The lowest BCUT2D eigenvalue weighted by Crippen LogP contribution is -2.72. The van der Waals surface area contributed by atoms with Crippen LogP contribution in [0.25, 0.3) is 0 Å². The van der Waals surface area contributed by atoms with Gasteiger partial charge in [-0.05, 0) is 50.4 Å².